The molecule has 0 aliphatic carbocycles. The Morgan fingerprint density at radius 3 is 1.87 bits per heavy atom. The maximum Gasteiger partial charge on any atom is 0.0751 e. The van der Waals surface area contributed by atoms with Gasteiger partial charge in [0.1, 0.15) is 0 Å². The summed E-state index contributed by atoms with van der Waals surface area (Å²) in [5, 5.41) is 7.89. The smallest absolute Gasteiger partial charge is 0.0751 e. The molecule has 0 spiro atoms. The standard InChI is InChI=1S/C7H11O2.C4H8O.Ti/c1-3-5-8-7-9-6-4-2;1-2-3-4-5;/h3-4,7H,1-2,5-6H2;3-5H,2H2,1H3;/q-1;;. The van der Waals surface area contributed by atoms with Crippen molar-refractivity contribution in [1.29, 1.82) is 0 Å². The zero-order valence-electron chi connectivity index (χ0n) is 9.19. The van der Waals surface area contributed by atoms with Crippen LogP contribution < -0.4 is 0 Å². The van der Waals surface area contributed by atoms with Crippen LogP contribution in [0, 0.1) is 6.79 Å². The van der Waals surface area contributed by atoms with Crippen molar-refractivity contribution in [3.05, 3.63) is 44.4 Å². The van der Waals surface area contributed by atoms with Crippen LogP contribution in [0.15, 0.2) is 37.6 Å². The van der Waals surface area contributed by atoms with Gasteiger partial charge < -0.3 is 14.6 Å². The normalized spacial score (nSPS) is 8.60. The Morgan fingerprint density at radius 2 is 1.67 bits per heavy atom. The van der Waals surface area contributed by atoms with E-state index in [-0.39, 0.29) is 21.7 Å². The van der Waals surface area contributed by atoms with Crippen molar-refractivity contribution in [1.82, 2.24) is 0 Å². The number of rotatable bonds is 7. The number of aliphatic hydroxyl groups excluding tert-OH is 1. The summed E-state index contributed by atoms with van der Waals surface area (Å²) in [6, 6.07) is 0. The first-order valence-corrected chi connectivity index (χ1v) is 4.39. The number of hydrogen-bond acceptors (Lipinski definition) is 3. The second-order valence-corrected chi connectivity index (χ2v) is 2.13. The summed E-state index contributed by atoms with van der Waals surface area (Å²) in [7, 11) is 0. The molecular formula is C11H19O3Ti-. The third-order valence-corrected chi connectivity index (χ3v) is 0.905. The molecule has 0 radical (unpaired) electrons. The molecule has 0 aromatic rings. The minimum Gasteiger partial charge on any atom is -0.522 e. The fraction of sp³-hybridized carbons (Fsp3) is 0.364. The Morgan fingerprint density at radius 1 is 1.20 bits per heavy atom. The SMILES string of the molecule is C=CCO[CH-]OCC=C.CCC=CO.[Ti]. The summed E-state index contributed by atoms with van der Waals surface area (Å²) in [4.78, 5) is 0. The van der Waals surface area contributed by atoms with Gasteiger partial charge in [0.2, 0.25) is 0 Å². The summed E-state index contributed by atoms with van der Waals surface area (Å²) in [5.74, 6) is 0. The molecule has 86 valence electrons. The first kappa shape index (κ1) is 20.1. The van der Waals surface area contributed by atoms with E-state index in [0.717, 1.165) is 12.7 Å². The molecule has 0 bridgehead atoms. The molecule has 0 rings (SSSR count). The summed E-state index contributed by atoms with van der Waals surface area (Å²) < 4.78 is 9.54. The molecule has 4 heteroatoms. The van der Waals surface area contributed by atoms with E-state index in [1.165, 1.54) is 6.79 Å². The van der Waals surface area contributed by atoms with Gasteiger partial charge in [-0.05, 0) is 6.42 Å². The molecule has 0 aromatic heterocycles. The van der Waals surface area contributed by atoms with Gasteiger partial charge in [-0.25, -0.2) is 0 Å². The molecule has 0 fully saturated rings. The molecule has 0 amide bonds. The van der Waals surface area contributed by atoms with Gasteiger partial charge in [-0.15, -0.1) is 13.2 Å². The van der Waals surface area contributed by atoms with Crippen molar-refractivity contribution in [3.8, 4) is 0 Å². The van der Waals surface area contributed by atoms with Gasteiger partial charge in [0.05, 0.1) is 6.26 Å². The summed E-state index contributed by atoms with van der Waals surface area (Å²) >= 11 is 0. The molecule has 0 saturated carbocycles. The Bertz CT molecular complexity index is 137. The van der Waals surface area contributed by atoms with Crippen molar-refractivity contribution >= 4 is 0 Å². The van der Waals surface area contributed by atoms with Gasteiger partial charge in [-0.2, -0.15) is 0 Å². The third-order valence-electron chi connectivity index (χ3n) is 0.905. The van der Waals surface area contributed by atoms with Crippen LogP contribution in [0.1, 0.15) is 13.3 Å². The molecule has 3 nitrogen and oxygen atoms in total. The number of aliphatic hydroxyl groups is 1. The largest absolute Gasteiger partial charge is 0.522 e. The van der Waals surface area contributed by atoms with Gasteiger partial charge in [0.15, 0.2) is 0 Å². The van der Waals surface area contributed by atoms with Crippen LogP contribution in [0.25, 0.3) is 0 Å². The van der Waals surface area contributed by atoms with Crippen LogP contribution in [0.2, 0.25) is 0 Å². The fourth-order valence-corrected chi connectivity index (χ4v) is 0.368. The van der Waals surface area contributed by atoms with E-state index in [4.69, 9.17) is 14.6 Å². The molecule has 0 aromatic carbocycles. The van der Waals surface area contributed by atoms with E-state index >= 15 is 0 Å². The van der Waals surface area contributed by atoms with E-state index in [2.05, 4.69) is 13.2 Å². The second kappa shape index (κ2) is 23.5. The van der Waals surface area contributed by atoms with Crippen molar-refractivity contribution in [2.45, 2.75) is 13.3 Å². The van der Waals surface area contributed by atoms with Gasteiger partial charge >= 0.3 is 0 Å². The Balaban J connectivity index is -0.000000208. The average molecular weight is 247 g/mol. The van der Waals surface area contributed by atoms with Crippen molar-refractivity contribution < 1.29 is 36.3 Å². The van der Waals surface area contributed by atoms with Crippen molar-refractivity contribution in [2.24, 2.45) is 0 Å². The quantitative estimate of drug-likeness (QED) is 0.247. The zero-order chi connectivity index (χ0) is 11.1. The number of allylic oxidation sites excluding steroid dienone is 1. The fourth-order valence-electron chi connectivity index (χ4n) is 0.368. The first-order chi connectivity index (χ1) is 6.83. The molecule has 0 unspecified atom stereocenters. The van der Waals surface area contributed by atoms with Gasteiger partial charge in [-0.3, -0.25) is 0 Å². The molecule has 15 heavy (non-hydrogen) atoms. The molecule has 0 heterocycles. The van der Waals surface area contributed by atoms with Crippen LogP contribution in [0.3, 0.4) is 0 Å². The van der Waals surface area contributed by atoms with E-state index < -0.39 is 0 Å². The van der Waals surface area contributed by atoms with Crippen LogP contribution in [0.4, 0.5) is 0 Å². The monoisotopic (exact) mass is 247 g/mol. The first-order valence-electron chi connectivity index (χ1n) is 4.39. The maximum atomic E-state index is 7.89. The number of ether oxygens (including phenoxy) is 2. The topological polar surface area (TPSA) is 38.7 Å². The van der Waals surface area contributed by atoms with Crippen molar-refractivity contribution in [3.63, 3.8) is 0 Å². The second-order valence-electron chi connectivity index (χ2n) is 2.13. The Labute approximate surface area is 107 Å². The van der Waals surface area contributed by atoms with Crippen molar-refractivity contribution in [2.75, 3.05) is 13.2 Å². The van der Waals surface area contributed by atoms with Gasteiger partial charge in [0.25, 0.3) is 0 Å². The number of hydrogen-bond donors (Lipinski definition) is 1. The predicted octanol–water partition coefficient (Wildman–Crippen LogP) is 2.98. The zero-order valence-corrected chi connectivity index (χ0v) is 10.7. The maximum absolute atomic E-state index is 7.89. The Kier molecular flexibility index (Phi) is 31.5. The van der Waals surface area contributed by atoms with E-state index in [1.807, 2.05) is 6.92 Å². The van der Waals surface area contributed by atoms with Crippen LogP contribution in [0.5, 0.6) is 0 Å². The summed E-state index contributed by atoms with van der Waals surface area (Å²) in [6.07, 6.45) is 6.94. The van der Waals surface area contributed by atoms with E-state index in [9.17, 15) is 0 Å². The summed E-state index contributed by atoms with van der Waals surface area (Å²) in [5.41, 5.74) is 0. The molecular weight excluding hydrogens is 228 g/mol. The minimum atomic E-state index is 0. The predicted molar refractivity (Wildman–Crippen MR) is 58.7 cm³/mol. The molecule has 0 aliphatic rings. The van der Waals surface area contributed by atoms with Gasteiger partial charge in [0, 0.05) is 34.9 Å². The van der Waals surface area contributed by atoms with Crippen LogP contribution in [-0.4, -0.2) is 18.3 Å². The third kappa shape index (κ3) is 31.7. The van der Waals surface area contributed by atoms with Gasteiger partial charge in [-0.1, -0.05) is 31.9 Å². The molecule has 0 saturated heterocycles. The minimum absolute atomic E-state index is 0. The molecule has 1 N–H and O–H groups in total. The molecule has 0 atom stereocenters. The average Bonchev–Trinajstić information content (AvgIpc) is 2.20. The molecule has 0 aliphatic heterocycles. The van der Waals surface area contributed by atoms with E-state index in [0.29, 0.717) is 13.2 Å². The van der Waals surface area contributed by atoms with E-state index in [1.54, 1.807) is 18.2 Å². The van der Waals surface area contributed by atoms with Crippen LogP contribution in [-0.2, 0) is 31.2 Å². The van der Waals surface area contributed by atoms with Crippen LogP contribution >= 0.6 is 0 Å². The Hall–Kier alpha value is -0.346. The summed E-state index contributed by atoms with van der Waals surface area (Å²) in [6.45, 7) is 11.1.